The zero-order valence-electron chi connectivity index (χ0n) is 14.2. The normalized spacial score (nSPS) is 10.7. The van der Waals surface area contributed by atoms with Crippen LogP contribution in [0.5, 0.6) is 0 Å². The Morgan fingerprint density at radius 3 is 2.78 bits per heavy atom. The van der Waals surface area contributed by atoms with Gasteiger partial charge in [-0.3, -0.25) is 4.79 Å². The number of amides is 1. The van der Waals surface area contributed by atoms with Gasteiger partial charge in [0.15, 0.2) is 11.5 Å². The lowest BCUT2D eigenvalue weighted by molar-refractivity contribution is 0.0945. The van der Waals surface area contributed by atoms with Crippen LogP contribution < -0.4 is 5.32 Å². The Balaban J connectivity index is 1.48. The lowest BCUT2D eigenvalue weighted by atomic mass is 10.2. The average molecular weight is 362 g/mol. The second-order valence-electron chi connectivity index (χ2n) is 5.74. The van der Waals surface area contributed by atoms with Gasteiger partial charge >= 0.3 is 0 Å². The van der Waals surface area contributed by atoms with Crippen LogP contribution in [-0.2, 0) is 6.54 Å². The van der Waals surface area contributed by atoms with E-state index in [4.69, 9.17) is 0 Å². The highest BCUT2D eigenvalue weighted by Gasteiger charge is 2.12. The molecule has 0 bridgehead atoms. The van der Waals surface area contributed by atoms with E-state index in [9.17, 15) is 9.18 Å². The predicted octanol–water partition coefficient (Wildman–Crippen LogP) is 2.52. The number of halogens is 1. The van der Waals surface area contributed by atoms with Gasteiger partial charge in [0.25, 0.3) is 5.91 Å². The van der Waals surface area contributed by atoms with Crippen LogP contribution in [0.25, 0.3) is 11.5 Å². The smallest absolute Gasteiger partial charge is 0.272 e. The summed E-state index contributed by atoms with van der Waals surface area (Å²) < 4.78 is 16.4. The first-order valence-corrected chi connectivity index (χ1v) is 8.24. The Bertz CT molecular complexity index is 1070. The number of nitrogens with zero attached hydrogens (tertiary/aromatic N) is 5. The summed E-state index contributed by atoms with van der Waals surface area (Å²) in [6.45, 7) is 0.273. The molecule has 0 atom stereocenters. The van der Waals surface area contributed by atoms with Gasteiger partial charge in [-0.1, -0.05) is 12.1 Å². The van der Waals surface area contributed by atoms with E-state index in [-0.39, 0.29) is 24.0 Å². The molecule has 0 saturated heterocycles. The highest BCUT2D eigenvalue weighted by molar-refractivity contribution is 5.92. The first-order chi connectivity index (χ1) is 13.2. The maximum Gasteiger partial charge on any atom is 0.272 e. The minimum Gasteiger partial charge on any atom is -0.346 e. The summed E-state index contributed by atoms with van der Waals surface area (Å²) in [5.74, 6) is -0.0507. The number of hydrogen-bond donors (Lipinski definition) is 1. The lowest BCUT2D eigenvalue weighted by Gasteiger charge is -2.09. The quantitative estimate of drug-likeness (QED) is 0.592. The number of pyridine rings is 1. The van der Waals surface area contributed by atoms with Gasteiger partial charge < -0.3 is 5.32 Å². The van der Waals surface area contributed by atoms with E-state index >= 15 is 0 Å². The molecule has 1 aromatic carbocycles. The van der Waals surface area contributed by atoms with Crippen molar-refractivity contribution < 1.29 is 9.18 Å². The van der Waals surface area contributed by atoms with Gasteiger partial charge in [0, 0.05) is 36.9 Å². The third-order valence-corrected chi connectivity index (χ3v) is 3.92. The van der Waals surface area contributed by atoms with Gasteiger partial charge in [0.05, 0.1) is 5.69 Å². The van der Waals surface area contributed by atoms with Crippen molar-refractivity contribution in [3.63, 3.8) is 0 Å². The molecule has 3 heterocycles. The topological polar surface area (TPSA) is 77.6 Å². The monoisotopic (exact) mass is 362 g/mol. The van der Waals surface area contributed by atoms with Crippen molar-refractivity contribution >= 4 is 5.91 Å². The van der Waals surface area contributed by atoms with Crippen LogP contribution in [0.15, 0.2) is 73.3 Å². The molecule has 0 aliphatic rings. The van der Waals surface area contributed by atoms with E-state index in [1.54, 1.807) is 59.8 Å². The minimum absolute atomic E-state index is 0.240. The maximum absolute atomic E-state index is 13.3. The molecule has 1 N–H and O–H groups in total. The highest BCUT2D eigenvalue weighted by Crippen LogP contribution is 2.12. The van der Waals surface area contributed by atoms with E-state index in [0.717, 1.165) is 5.56 Å². The summed E-state index contributed by atoms with van der Waals surface area (Å²) in [7, 11) is 0. The van der Waals surface area contributed by atoms with E-state index in [2.05, 4.69) is 20.5 Å². The molecule has 134 valence electrons. The summed E-state index contributed by atoms with van der Waals surface area (Å²) in [5, 5.41) is 11.2. The van der Waals surface area contributed by atoms with Crippen molar-refractivity contribution in [2.75, 3.05) is 0 Å². The number of nitrogens with one attached hydrogen (secondary N) is 1. The fraction of sp³-hybridized carbons (Fsp3) is 0.0526. The number of carbonyl (C=O) groups excluding carboxylic acids is 1. The van der Waals surface area contributed by atoms with Crippen molar-refractivity contribution in [3.8, 4) is 11.5 Å². The SMILES string of the molecule is O=C(NCc1cccnc1-n1cccn1)c1ccn(-c2cccc(F)c2)n1. The van der Waals surface area contributed by atoms with E-state index in [1.165, 1.54) is 16.8 Å². The van der Waals surface area contributed by atoms with Gasteiger partial charge in [0.2, 0.25) is 0 Å². The zero-order chi connectivity index (χ0) is 18.6. The average Bonchev–Trinajstić information content (AvgIpc) is 3.38. The van der Waals surface area contributed by atoms with E-state index < -0.39 is 0 Å². The van der Waals surface area contributed by atoms with Gasteiger partial charge in [-0.25, -0.2) is 18.7 Å². The largest absolute Gasteiger partial charge is 0.346 e. The van der Waals surface area contributed by atoms with Crippen molar-refractivity contribution in [1.29, 1.82) is 0 Å². The van der Waals surface area contributed by atoms with Crippen LogP contribution in [0.1, 0.15) is 16.1 Å². The molecule has 0 radical (unpaired) electrons. The standard InChI is InChI=1S/C19H15FN6O/c20-15-5-1-6-16(12-15)25-11-7-17(24-25)19(27)22-13-14-4-2-8-21-18(14)26-10-3-9-23-26/h1-12H,13H2,(H,22,27). The van der Waals surface area contributed by atoms with E-state index in [1.807, 2.05) is 6.07 Å². The third kappa shape index (κ3) is 3.59. The highest BCUT2D eigenvalue weighted by atomic mass is 19.1. The van der Waals surface area contributed by atoms with Crippen LogP contribution in [0.4, 0.5) is 4.39 Å². The van der Waals surface area contributed by atoms with Crippen LogP contribution in [0.3, 0.4) is 0 Å². The molecule has 0 aliphatic heterocycles. The molecule has 3 aromatic heterocycles. The van der Waals surface area contributed by atoms with Gasteiger partial charge in [-0.05, 0) is 36.4 Å². The second-order valence-corrected chi connectivity index (χ2v) is 5.74. The molecule has 1 amide bonds. The molecule has 4 rings (SSSR count). The minimum atomic E-state index is -0.364. The summed E-state index contributed by atoms with van der Waals surface area (Å²) in [5.41, 5.74) is 1.60. The Labute approximate surface area is 154 Å². The van der Waals surface area contributed by atoms with Gasteiger partial charge in [0.1, 0.15) is 5.82 Å². The predicted molar refractivity (Wildman–Crippen MR) is 96.1 cm³/mol. The fourth-order valence-corrected chi connectivity index (χ4v) is 2.64. The number of benzene rings is 1. The van der Waals surface area contributed by atoms with Crippen LogP contribution in [0.2, 0.25) is 0 Å². The molecule has 0 saturated carbocycles. The maximum atomic E-state index is 13.3. The summed E-state index contributed by atoms with van der Waals surface area (Å²) >= 11 is 0. The summed E-state index contributed by atoms with van der Waals surface area (Å²) in [4.78, 5) is 16.7. The van der Waals surface area contributed by atoms with Gasteiger partial charge in [-0.2, -0.15) is 10.2 Å². The fourth-order valence-electron chi connectivity index (χ4n) is 2.64. The lowest BCUT2D eigenvalue weighted by Crippen LogP contribution is -2.24. The molecule has 7 nitrogen and oxygen atoms in total. The Morgan fingerprint density at radius 2 is 1.96 bits per heavy atom. The van der Waals surface area contributed by atoms with Gasteiger partial charge in [-0.15, -0.1) is 0 Å². The molecule has 27 heavy (non-hydrogen) atoms. The molecular weight excluding hydrogens is 347 g/mol. The van der Waals surface area contributed by atoms with Crippen molar-refractivity contribution in [1.82, 2.24) is 29.9 Å². The summed E-state index contributed by atoms with van der Waals surface area (Å²) in [6, 6.07) is 13.1. The Hall–Kier alpha value is -3.81. The molecule has 0 spiro atoms. The van der Waals surface area contributed by atoms with Crippen LogP contribution >= 0.6 is 0 Å². The number of aromatic nitrogens is 5. The Kier molecular flexibility index (Phi) is 4.44. The van der Waals surface area contributed by atoms with Crippen molar-refractivity contribution in [2.24, 2.45) is 0 Å². The number of hydrogen-bond acceptors (Lipinski definition) is 4. The van der Waals surface area contributed by atoms with Crippen molar-refractivity contribution in [2.45, 2.75) is 6.54 Å². The summed E-state index contributed by atoms with van der Waals surface area (Å²) in [6.07, 6.45) is 6.73. The number of carbonyl (C=O) groups is 1. The second kappa shape index (κ2) is 7.20. The first kappa shape index (κ1) is 16.6. The molecule has 4 aromatic rings. The van der Waals surface area contributed by atoms with E-state index in [0.29, 0.717) is 11.5 Å². The third-order valence-electron chi connectivity index (χ3n) is 3.92. The molecule has 0 fully saturated rings. The molecule has 8 heteroatoms. The van der Waals surface area contributed by atoms with Crippen LogP contribution in [0, 0.1) is 5.82 Å². The first-order valence-electron chi connectivity index (χ1n) is 8.24. The van der Waals surface area contributed by atoms with Crippen LogP contribution in [-0.4, -0.2) is 30.5 Å². The number of rotatable bonds is 5. The van der Waals surface area contributed by atoms with Crippen molar-refractivity contribution in [3.05, 3.63) is 90.4 Å². The Morgan fingerprint density at radius 1 is 1.04 bits per heavy atom. The molecule has 0 unspecified atom stereocenters. The molecular formula is C19H15FN6O. The zero-order valence-corrected chi connectivity index (χ0v) is 14.2. The molecule has 0 aliphatic carbocycles.